The quantitative estimate of drug-likeness (QED) is 0.486. The molecular formula is C21H20Cl2N4O6S. The molecule has 1 aromatic heterocycles. The van der Waals surface area contributed by atoms with Crippen molar-refractivity contribution in [2.24, 2.45) is 0 Å². The molecule has 0 aliphatic carbocycles. The zero-order valence-electron chi connectivity index (χ0n) is 18.2. The number of carboxylic acids is 1. The van der Waals surface area contributed by atoms with Crippen molar-refractivity contribution in [3.05, 3.63) is 39.6 Å². The maximum atomic E-state index is 13.2. The average molecular weight is 527 g/mol. The number of thioether (sulfide) groups is 1. The van der Waals surface area contributed by atoms with E-state index in [9.17, 15) is 19.2 Å². The summed E-state index contributed by atoms with van der Waals surface area (Å²) in [6.07, 6.45) is 0. The Morgan fingerprint density at radius 3 is 2.53 bits per heavy atom. The van der Waals surface area contributed by atoms with Crippen LogP contribution >= 0.6 is 35.0 Å². The molecule has 2 aromatic rings. The molecule has 3 N–H and O–H groups in total. The first-order valence-corrected chi connectivity index (χ1v) is 11.8. The Bertz CT molecular complexity index is 1200. The molecule has 180 valence electrons. The summed E-state index contributed by atoms with van der Waals surface area (Å²) >= 11 is 13.9. The largest absolute Gasteiger partial charge is 0.480 e. The standard InChI is InChI=1S/C21H20Cl2N4O6S/c1-8-12(14(26-33-8)13-9(22)5-4-6-10(13)23)17(30)25-15-19(32)27-16(18(31)24-7-11(28)29)21(2,3)34-20(15)27/h4-6,15-16,20H,7H2,1-3H3,(H,24,31)(H,25,30)(H,28,29)/t15-,16+,20-/m1/s1. The molecule has 0 radical (unpaired) electrons. The number of aromatic nitrogens is 1. The first-order chi connectivity index (χ1) is 15.9. The third-order valence-electron chi connectivity index (χ3n) is 5.68. The fourth-order valence-electron chi connectivity index (χ4n) is 4.18. The van der Waals surface area contributed by atoms with Gasteiger partial charge in [0.2, 0.25) is 11.8 Å². The van der Waals surface area contributed by atoms with Crippen LogP contribution in [0.15, 0.2) is 22.7 Å². The van der Waals surface area contributed by atoms with E-state index in [1.807, 2.05) is 0 Å². The summed E-state index contributed by atoms with van der Waals surface area (Å²) in [6.45, 7) is 4.58. The zero-order valence-corrected chi connectivity index (χ0v) is 20.5. The number of aryl methyl sites for hydroxylation is 1. The van der Waals surface area contributed by atoms with Gasteiger partial charge in [-0.25, -0.2) is 0 Å². The van der Waals surface area contributed by atoms with Gasteiger partial charge in [-0.3, -0.25) is 19.2 Å². The first kappa shape index (κ1) is 24.4. The van der Waals surface area contributed by atoms with Crippen LogP contribution in [-0.2, 0) is 14.4 Å². The maximum Gasteiger partial charge on any atom is 0.322 e. The molecule has 2 fully saturated rings. The van der Waals surface area contributed by atoms with Crippen LogP contribution in [0.4, 0.5) is 0 Å². The number of hydrogen-bond acceptors (Lipinski definition) is 7. The number of aliphatic carboxylic acids is 1. The summed E-state index contributed by atoms with van der Waals surface area (Å²) in [6, 6.07) is 3.10. The van der Waals surface area contributed by atoms with Gasteiger partial charge in [-0.2, -0.15) is 0 Å². The van der Waals surface area contributed by atoms with E-state index in [4.69, 9.17) is 32.8 Å². The molecule has 4 rings (SSSR count). The number of rotatable bonds is 6. The number of amides is 3. The molecule has 2 aliphatic heterocycles. The van der Waals surface area contributed by atoms with Crippen LogP contribution in [0.3, 0.4) is 0 Å². The third-order valence-corrected chi connectivity index (χ3v) is 7.88. The predicted octanol–water partition coefficient (Wildman–Crippen LogP) is 2.32. The van der Waals surface area contributed by atoms with Gasteiger partial charge in [0.1, 0.15) is 41.0 Å². The minimum atomic E-state index is -1.19. The van der Waals surface area contributed by atoms with Gasteiger partial charge >= 0.3 is 5.97 Å². The van der Waals surface area contributed by atoms with Crippen LogP contribution in [0.5, 0.6) is 0 Å². The molecule has 0 spiro atoms. The molecule has 1 aromatic carbocycles. The van der Waals surface area contributed by atoms with Gasteiger partial charge in [-0.1, -0.05) is 34.4 Å². The lowest BCUT2D eigenvalue weighted by Crippen LogP contribution is -2.71. The maximum absolute atomic E-state index is 13.2. The molecule has 34 heavy (non-hydrogen) atoms. The number of halogens is 2. The number of carboxylic acid groups (broad SMARTS) is 1. The minimum Gasteiger partial charge on any atom is -0.480 e. The minimum absolute atomic E-state index is 0.0965. The van der Waals surface area contributed by atoms with E-state index in [2.05, 4.69) is 15.8 Å². The molecular weight excluding hydrogens is 507 g/mol. The lowest BCUT2D eigenvalue weighted by molar-refractivity contribution is -0.153. The Kier molecular flexibility index (Phi) is 6.30. The number of benzene rings is 1. The van der Waals surface area contributed by atoms with E-state index >= 15 is 0 Å². The number of hydrogen-bond donors (Lipinski definition) is 3. The van der Waals surface area contributed by atoms with Gasteiger partial charge in [0.05, 0.1) is 10.0 Å². The van der Waals surface area contributed by atoms with E-state index in [1.165, 1.54) is 16.7 Å². The molecule has 3 atom stereocenters. The van der Waals surface area contributed by atoms with Gasteiger partial charge in [-0.15, -0.1) is 11.8 Å². The van der Waals surface area contributed by atoms with Crippen LogP contribution in [0.25, 0.3) is 11.3 Å². The normalized spacial score (nSPS) is 22.7. The van der Waals surface area contributed by atoms with E-state index in [1.54, 1.807) is 39.0 Å². The highest BCUT2D eigenvalue weighted by molar-refractivity contribution is 8.01. The second-order valence-corrected chi connectivity index (χ2v) is 11.0. The fraction of sp³-hybridized carbons (Fsp3) is 0.381. The Hall–Kier alpha value is -2.76. The van der Waals surface area contributed by atoms with Crippen molar-refractivity contribution in [2.45, 2.75) is 43.0 Å². The van der Waals surface area contributed by atoms with Crippen LogP contribution in [-0.4, -0.2) is 67.6 Å². The number of carbonyl (C=O) groups is 4. The third kappa shape index (κ3) is 4.01. The van der Waals surface area contributed by atoms with E-state index in [-0.39, 0.29) is 27.1 Å². The molecule has 0 unspecified atom stereocenters. The van der Waals surface area contributed by atoms with E-state index in [0.717, 1.165) is 0 Å². The Labute approximate surface area is 208 Å². The summed E-state index contributed by atoms with van der Waals surface area (Å²) < 4.78 is 4.52. The second kappa shape index (κ2) is 8.79. The first-order valence-electron chi connectivity index (χ1n) is 10.1. The molecule has 0 saturated carbocycles. The van der Waals surface area contributed by atoms with Crippen molar-refractivity contribution in [2.75, 3.05) is 6.54 Å². The molecule has 3 heterocycles. The Morgan fingerprint density at radius 2 is 1.91 bits per heavy atom. The number of β-lactam (4-membered cyclic amide) rings is 1. The van der Waals surface area contributed by atoms with Crippen molar-refractivity contribution in [3.8, 4) is 11.3 Å². The van der Waals surface area contributed by atoms with Gasteiger partial charge in [-0.05, 0) is 32.9 Å². The number of fused-ring (bicyclic) bond motifs is 1. The lowest BCUT2D eigenvalue weighted by Gasteiger charge is -2.44. The Balaban J connectivity index is 1.56. The molecule has 0 bridgehead atoms. The summed E-state index contributed by atoms with van der Waals surface area (Å²) in [5.41, 5.74) is 0.583. The number of carbonyl (C=O) groups excluding carboxylic acids is 3. The Morgan fingerprint density at radius 1 is 1.26 bits per heavy atom. The second-order valence-electron chi connectivity index (χ2n) is 8.38. The van der Waals surface area contributed by atoms with Crippen LogP contribution in [0, 0.1) is 6.92 Å². The summed E-state index contributed by atoms with van der Waals surface area (Å²) in [5.74, 6) is -2.58. The van der Waals surface area contributed by atoms with Gasteiger partial charge in [0.25, 0.3) is 5.91 Å². The molecule has 2 aliphatic rings. The van der Waals surface area contributed by atoms with Crippen LogP contribution < -0.4 is 10.6 Å². The number of nitrogens with one attached hydrogen (secondary N) is 2. The monoisotopic (exact) mass is 526 g/mol. The fourth-order valence-corrected chi connectivity index (χ4v) is 6.39. The summed E-state index contributed by atoms with van der Waals surface area (Å²) in [5, 5.41) is 17.9. The summed E-state index contributed by atoms with van der Waals surface area (Å²) in [7, 11) is 0. The van der Waals surface area contributed by atoms with E-state index in [0.29, 0.717) is 5.56 Å². The van der Waals surface area contributed by atoms with Crippen molar-refractivity contribution >= 4 is 58.7 Å². The van der Waals surface area contributed by atoms with Crippen LogP contribution in [0.2, 0.25) is 10.0 Å². The topological polar surface area (TPSA) is 142 Å². The van der Waals surface area contributed by atoms with Gasteiger partial charge in [0.15, 0.2) is 0 Å². The highest BCUT2D eigenvalue weighted by atomic mass is 35.5. The van der Waals surface area contributed by atoms with Crippen molar-refractivity contribution in [3.63, 3.8) is 0 Å². The molecule has 13 heteroatoms. The average Bonchev–Trinajstić information content (AvgIpc) is 3.25. The lowest BCUT2D eigenvalue weighted by atomic mass is 9.95. The smallest absolute Gasteiger partial charge is 0.322 e. The highest BCUT2D eigenvalue weighted by Gasteiger charge is 2.64. The van der Waals surface area contributed by atoms with Crippen molar-refractivity contribution < 1.29 is 28.8 Å². The summed E-state index contributed by atoms with van der Waals surface area (Å²) in [4.78, 5) is 51.0. The van der Waals surface area contributed by atoms with Crippen LogP contribution in [0.1, 0.15) is 30.0 Å². The zero-order chi connectivity index (χ0) is 24.9. The SMILES string of the molecule is Cc1onc(-c2c(Cl)cccc2Cl)c1C(=O)N[C@@H]1C(=O)N2[C@@H]1SC(C)(C)[C@@H]2C(=O)NCC(=O)O. The predicted molar refractivity (Wildman–Crippen MR) is 125 cm³/mol. The number of nitrogens with zero attached hydrogens (tertiary/aromatic N) is 2. The van der Waals surface area contributed by atoms with Crippen molar-refractivity contribution in [1.82, 2.24) is 20.7 Å². The molecule has 10 nitrogen and oxygen atoms in total. The van der Waals surface area contributed by atoms with Gasteiger partial charge < -0.3 is 25.2 Å². The highest BCUT2D eigenvalue weighted by Crippen LogP contribution is 2.51. The molecule has 3 amide bonds. The van der Waals surface area contributed by atoms with E-state index < -0.39 is 52.4 Å². The van der Waals surface area contributed by atoms with Crippen molar-refractivity contribution in [1.29, 1.82) is 0 Å². The van der Waals surface area contributed by atoms with Gasteiger partial charge in [0, 0.05) is 10.3 Å². The molecule has 2 saturated heterocycles.